The molecule has 0 spiro atoms. The minimum Gasteiger partial charge on any atom is -1.00 e. The topological polar surface area (TPSA) is 202 Å². The van der Waals surface area contributed by atoms with Crippen LogP contribution in [-0.4, -0.2) is 44.2 Å². The van der Waals surface area contributed by atoms with Crippen molar-refractivity contribution in [3.05, 3.63) is 0 Å². The van der Waals surface area contributed by atoms with Crippen molar-refractivity contribution in [1.82, 2.24) is 0 Å². The maximum Gasteiger partial charge on any atom is 1.00 e. The second-order valence-electron chi connectivity index (χ2n) is 1.43. The van der Waals surface area contributed by atoms with Crippen LogP contribution in [0.4, 0.5) is 0 Å². The van der Waals surface area contributed by atoms with Gasteiger partial charge in [0, 0.05) is 0 Å². The van der Waals surface area contributed by atoms with Crippen molar-refractivity contribution < 1.29 is 83.1 Å². The van der Waals surface area contributed by atoms with Crippen LogP contribution in [0.2, 0.25) is 0 Å². The standard InChI is InChI=1S/Na.H2O8S2.H2O4S.H/c;1-7-10(5,6)8-9(2,3)4;1-5(2,3)4;/h;1H,(H,2,3,4);(H2,1,2,3,4);/q+1;;;-1. The molecule has 16 heavy (non-hydrogen) atoms. The van der Waals surface area contributed by atoms with Crippen LogP contribution in [0.25, 0.3) is 0 Å². The van der Waals surface area contributed by atoms with E-state index in [2.05, 4.69) is 7.96 Å². The summed E-state index contributed by atoms with van der Waals surface area (Å²) in [6.07, 6.45) is 0. The van der Waals surface area contributed by atoms with Crippen LogP contribution in [0.15, 0.2) is 0 Å². The normalized spacial score (nSPS) is 12.0. The molecule has 0 saturated carbocycles. The predicted molar refractivity (Wildman–Crippen MR) is 40.6 cm³/mol. The molecule has 0 aromatic heterocycles. The van der Waals surface area contributed by atoms with E-state index in [1.807, 2.05) is 0 Å². The molecule has 0 fully saturated rings. The Morgan fingerprint density at radius 3 is 1.19 bits per heavy atom. The van der Waals surface area contributed by atoms with Gasteiger partial charge in [-0.25, -0.2) is 5.26 Å². The van der Waals surface area contributed by atoms with Gasteiger partial charge in [0.2, 0.25) is 0 Å². The summed E-state index contributed by atoms with van der Waals surface area (Å²) in [5.74, 6) is 0. The summed E-state index contributed by atoms with van der Waals surface area (Å²) in [7, 11) is -14.9. The van der Waals surface area contributed by atoms with Crippen molar-refractivity contribution in [1.29, 1.82) is 0 Å². The Labute approximate surface area is 114 Å². The van der Waals surface area contributed by atoms with Crippen LogP contribution in [0.1, 0.15) is 1.43 Å². The van der Waals surface area contributed by atoms with Crippen LogP contribution >= 0.6 is 0 Å². The Balaban J connectivity index is -0.000000105. The first-order valence-electron chi connectivity index (χ1n) is 2.23. The average molecular weight is 316 g/mol. The zero-order chi connectivity index (χ0) is 12.9. The third kappa shape index (κ3) is 29.3. The molecule has 12 nitrogen and oxygen atoms in total. The first-order valence-corrected chi connectivity index (χ1v) is 6.33. The molecule has 0 heterocycles. The van der Waals surface area contributed by atoms with Gasteiger partial charge in [-0.3, -0.25) is 13.7 Å². The van der Waals surface area contributed by atoms with Gasteiger partial charge in [-0.2, -0.15) is 25.3 Å². The van der Waals surface area contributed by atoms with Gasteiger partial charge in [-0.1, -0.05) is 7.96 Å². The SMILES string of the molecule is O=S(=O)(O)O.O=S(=O)(O)OS(=O)(=O)OO.[H-].[Na+]. The summed E-state index contributed by atoms with van der Waals surface area (Å²) >= 11 is 0. The van der Waals surface area contributed by atoms with Gasteiger partial charge in [0.15, 0.2) is 0 Å². The fourth-order valence-corrected chi connectivity index (χ4v) is 1.06. The Kier molecular flexibility index (Phi) is 10.7. The van der Waals surface area contributed by atoms with E-state index in [4.69, 9.17) is 27.3 Å². The predicted octanol–water partition coefficient (Wildman–Crippen LogP) is -5.00. The summed E-state index contributed by atoms with van der Waals surface area (Å²) in [5, 5.41) is 7.37. The molecule has 0 atom stereocenters. The molecule has 0 bridgehead atoms. The summed E-state index contributed by atoms with van der Waals surface area (Å²) in [6, 6.07) is 0. The summed E-state index contributed by atoms with van der Waals surface area (Å²) in [6.45, 7) is 0. The zero-order valence-corrected chi connectivity index (χ0v) is 11.7. The molecule has 0 aromatic rings. The number of hydrogen-bond donors (Lipinski definition) is 4. The molecule has 0 radical (unpaired) electrons. The third-order valence-electron chi connectivity index (χ3n) is 0.261. The first-order chi connectivity index (χ1) is 6.27. The van der Waals surface area contributed by atoms with E-state index in [1.165, 1.54) is 0 Å². The van der Waals surface area contributed by atoms with Crippen LogP contribution in [0.5, 0.6) is 0 Å². The smallest absolute Gasteiger partial charge is 1.00 e. The summed E-state index contributed by atoms with van der Waals surface area (Å²) < 4.78 is 83.3. The Bertz CT molecular complexity index is 458. The fraction of sp³-hybridized carbons (Fsp3) is 0. The molecule has 16 heteroatoms. The van der Waals surface area contributed by atoms with Crippen LogP contribution in [0.3, 0.4) is 0 Å². The Morgan fingerprint density at radius 2 is 1.12 bits per heavy atom. The maximum absolute atomic E-state index is 9.78. The molecule has 96 valence electrons. The van der Waals surface area contributed by atoms with E-state index in [0.29, 0.717) is 0 Å². The van der Waals surface area contributed by atoms with Crippen molar-refractivity contribution in [3.63, 3.8) is 0 Å². The van der Waals surface area contributed by atoms with Crippen molar-refractivity contribution in [2.24, 2.45) is 0 Å². The van der Waals surface area contributed by atoms with Crippen LogP contribution in [0, 0.1) is 0 Å². The third-order valence-corrected chi connectivity index (χ3v) is 1.80. The quantitative estimate of drug-likeness (QED) is 0.167. The van der Waals surface area contributed by atoms with E-state index in [1.54, 1.807) is 0 Å². The molecular weight excluding hydrogens is 311 g/mol. The van der Waals surface area contributed by atoms with Gasteiger partial charge in [0.25, 0.3) is 0 Å². The minimum atomic E-state index is -5.17. The van der Waals surface area contributed by atoms with E-state index in [-0.39, 0.29) is 31.0 Å². The van der Waals surface area contributed by atoms with Crippen LogP contribution < -0.4 is 29.6 Å². The Hall–Kier alpha value is 0.610. The second kappa shape index (κ2) is 7.84. The molecule has 0 aliphatic rings. The Morgan fingerprint density at radius 1 is 0.875 bits per heavy atom. The van der Waals surface area contributed by atoms with E-state index in [0.717, 1.165) is 0 Å². The van der Waals surface area contributed by atoms with Crippen LogP contribution in [-0.2, 0) is 39.2 Å². The summed E-state index contributed by atoms with van der Waals surface area (Å²) in [4.78, 5) is 0. The van der Waals surface area contributed by atoms with Gasteiger partial charge in [0.1, 0.15) is 0 Å². The van der Waals surface area contributed by atoms with E-state index in [9.17, 15) is 16.8 Å². The molecule has 0 rings (SSSR count). The number of rotatable bonds is 3. The monoisotopic (exact) mass is 316 g/mol. The number of hydrogen-bond acceptors (Lipinski definition) is 9. The fourth-order valence-electron chi connectivity index (χ4n) is 0.118. The molecule has 0 amide bonds. The van der Waals surface area contributed by atoms with Gasteiger partial charge < -0.3 is 1.43 Å². The minimum absolute atomic E-state index is 0. The molecule has 0 unspecified atom stereocenters. The summed E-state index contributed by atoms with van der Waals surface area (Å²) in [5.41, 5.74) is 0. The van der Waals surface area contributed by atoms with E-state index < -0.39 is 31.2 Å². The maximum atomic E-state index is 9.78. The van der Waals surface area contributed by atoms with Crippen molar-refractivity contribution in [3.8, 4) is 0 Å². The molecule has 4 N–H and O–H groups in total. The van der Waals surface area contributed by atoms with Gasteiger partial charge in [-0.15, -0.1) is 0 Å². The largest absolute Gasteiger partial charge is 1.00 e. The first kappa shape index (κ1) is 21.9. The molecular formula is H5NaO12S3. The second-order valence-corrected chi connectivity index (χ2v) is 4.69. The van der Waals surface area contributed by atoms with Gasteiger partial charge >= 0.3 is 60.8 Å². The molecule has 0 aromatic carbocycles. The molecule has 0 aliphatic heterocycles. The van der Waals surface area contributed by atoms with Crippen molar-refractivity contribution in [2.75, 3.05) is 0 Å². The zero-order valence-electron chi connectivity index (χ0n) is 8.28. The van der Waals surface area contributed by atoms with Crippen molar-refractivity contribution >= 4 is 31.2 Å². The molecule has 0 saturated heterocycles. The van der Waals surface area contributed by atoms with Gasteiger partial charge in [0.05, 0.1) is 0 Å². The van der Waals surface area contributed by atoms with Crippen molar-refractivity contribution in [2.45, 2.75) is 0 Å². The van der Waals surface area contributed by atoms with Gasteiger partial charge in [-0.05, 0) is 0 Å². The molecule has 0 aliphatic carbocycles. The average Bonchev–Trinajstić information content (AvgIpc) is 1.77. The van der Waals surface area contributed by atoms with E-state index >= 15 is 0 Å².